The van der Waals surface area contributed by atoms with Gasteiger partial charge in [0.25, 0.3) is 0 Å². The second kappa shape index (κ2) is 11.4. The van der Waals surface area contributed by atoms with Gasteiger partial charge in [-0.05, 0) is 88.0 Å². The Morgan fingerprint density at radius 1 is 0.353 bits per heavy atom. The van der Waals surface area contributed by atoms with Gasteiger partial charge in [0, 0.05) is 25.7 Å². The molecule has 1 aromatic heterocycles. The molecule has 0 atom stereocenters. The van der Waals surface area contributed by atoms with Gasteiger partial charge in [0.2, 0.25) is 0 Å². The molecular weight excluding hydrogens is 633 g/mol. The van der Waals surface area contributed by atoms with Crippen LogP contribution in [0.4, 0.5) is 0 Å². The molecule has 9 aromatic carbocycles. The van der Waals surface area contributed by atoms with E-state index in [1.165, 1.54) is 102 Å². The molecule has 10 aromatic rings. The first-order valence-electron chi connectivity index (χ1n) is 17.9. The van der Waals surface area contributed by atoms with E-state index in [9.17, 15) is 0 Å². The summed E-state index contributed by atoms with van der Waals surface area (Å²) < 4.78 is 2.65. The summed E-state index contributed by atoms with van der Waals surface area (Å²) in [7, 11) is 0. The zero-order valence-electron chi connectivity index (χ0n) is 29.0. The van der Waals surface area contributed by atoms with Crippen LogP contribution in [0.2, 0.25) is 0 Å². The van der Waals surface area contributed by atoms with Gasteiger partial charge in [0.05, 0.1) is 0 Å². The van der Waals surface area contributed by atoms with E-state index in [0.29, 0.717) is 0 Å². The fourth-order valence-electron chi connectivity index (χ4n) is 8.81. The van der Waals surface area contributed by atoms with E-state index in [-0.39, 0.29) is 5.41 Å². The standard InChI is InChI=1S/C50H36S/c1-50(2,3)48-38-25-13-11-23-36(38)45(37-24-12-14-26-39(37)48)40-27-16-30-43-47(40)42-29-15-28-41(49(42)51-43)46-34-21-9-7-19-32(34)44(31-17-5-4-6-18-31)33-20-8-10-22-35(33)46/h4-30H,1-3H3. The van der Waals surface area contributed by atoms with Crippen LogP contribution in [0.1, 0.15) is 26.3 Å². The summed E-state index contributed by atoms with van der Waals surface area (Å²) in [5, 5.41) is 13.1. The lowest BCUT2D eigenvalue weighted by Gasteiger charge is -2.26. The quantitative estimate of drug-likeness (QED) is 0.164. The first-order valence-corrected chi connectivity index (χ1v) is 18.7. The third-order valence-electron chi connectivity index (χ3n) is 10.7. The molecule has 0 saturated heterocycles. The molecule has 0 nitrogen and oxygen atoms in total. The van der Waals surface area contributed by atoms with Gasteiger partial charge in [-0.3, -0.25) is 0 Å². The van der Waals surface area contributed by atoms with Crippen molar-refractivity contribution in [3.63, 3.8) is 0 Å². The second-order valence-electron chi connectivity index (χ2n) is 14.8. The molecule has 0 radical (unpaired) electrons. The molecule has 0 N–H and O–H groups in total. The van der Waals surface area contributed by atoms with Crippen LogP contribution in [0.3, 0.4) is 0 Å². The van der Waals surface area contributed by atoms with E-state index in [0.717, 1.165) is 0 Å². The van der Waals surface area contributed by atoms with Crippen LogP contribution < -0.4 is 0 Å². The highest BCUT2D eigenvalue weighted by molar-refractivity contribution is 7.26. The van der Waals surface area contributed by atoms with Crippen LogP contribution in [0.25, 0.3) is 96.6 Å². The van der Waals surface area contributed by atoms with E-state index >= 15 is 0 Å². The summed E-state index contributed by atoms with van der Waals surface area (Å²) in [6.45, 7) is 7.03. The molecular formula is C50H36S. The largest absolute Gasteiger partial charge is 0.135 e. The van der Waals surface area contributed by atoms with Crippen molar-refractivity contribution in [1.29, 1.82) is 0 Å². The molecule has 1 heteroatoms. The van der Waals surface area contributed by atoms with Crippen LogP contribution in [0.5, 0.6) is 0 Å². The lowest BCUT2D eigenvalue weighted by atomic mass is 9.77. The summed E-state index contributed by atoms with van der Waals surface area (Å²) in [6, 6.07) is 60.8. The molecule has 51 heavy (non-hydrogen) atoms. The minimum atomic E-state index is -0.00463. The average Bonchev–Trinajstić information content (AvgIpc) is 3.55. The zero-order valence-corrected chi connectivity index (χ0v) is 29.8. The molecule has 0 unspecified atom stereocenters. The zero-order chi connectivity index (χ0) is 34.3. The lowest BCUT2D eigenvalue weighted by Crippen LogP contribution is -2.13. The Labute approximate surface area is 302 Å². The maximum atomic E-state index is 2.35. The van der Waals surface area contributed by atoms with Crippen molar-refractivity contribution in [3.8, 4) is 33.4 Å². The third kappa shape index (κ3) is 4.51. The highest BCUT2D eigenvalue weighted by Crippen LogP contribution is 2.51. The molecule has 0 aliphatic carbocycles. The van der Waals surface area contributed by atoms with Crippen LogP contribution >= 0.6 is 11.3 Å². The molecule has 0 fully saturated rings. The lowest BCUT2D eigenvalue weighted by molar-refractivity contribution is 0.601. The minimum absolute atomic E-state index is 0.00463. The Balaban J connectivity index is 1.32. The van der Waals surface area contributed by atoms with E-state index in [4.69, 9.17) is 0 Å². The van der Waals surface area contributed by atoms with Gasteiger partial charge in [-0.1, -0.05) is 178 Å². The average molecular weight is 669 g/mol. The normalized spacial score (nSPS) is 12.2. The molecule has 0 bridgehead atoms. The van der Waals surface area contributed by atoms with Gasteiger partial charge in [-0.25, -0.2) is 0 Å². The van der Waals surface area contributed by atoms with Crippen LogP contribution in [-0.2, 0) is 5.41 Å². The highest BCUT2D eigenvalue weighted by Gasteiger charge is 2.25. The van der Waals surface area contributed by atoms with E-state index < -0.39 is 0 Å². The van der Waals surface area contributed by atoms with Gasteiger partial charge in [0.15, 0.2) is 0 Å². The topological polar surface area (TPSA) is 0 Å². The molecule has 0 saturated carbocycles. The van der Waals surface area contributed by atoms with Crippen molar-refractivity contribution in [2.24, 2.45) is 0 Å². The highest BCUT2D eigenvalue weighted by atomic mass is 32.1. The first kappa shape index (κ1) is 30.1. The van der Waals surface area contributed by atoms with Crippen LogP contribution in [0, 0.1) is 0 Å². The maximum Gasteiger partial charge on any atom is 0.0434 e. The molecule has 10 rings (SSSR count). The smallest absolute Gasteiger partial charge is 0.0434 e. The van der Waals surface area contributed by atoms with Crippen molar-refractivity contribution in [2.45, 2.75) is 26.2 Å². The van der Waals surface area contributed by atoms with Gasteiger partial charge >= 0.3 is 0 Å². The van der Waals surface area contributed by atoms with E-state index in [2.05, 4.69) is 185 Å². The van der Waals surface area contributed by atoms with E-state index in [1.54, 1.807) is 0 Å². The Morgan fingerprint density at radius 2 is 0.765 bits per heavy atom. The third-order valence-corrected chi connectivity index (χ3v) is 11.9. The van der Waals surface area contributed by atoms with Crippen molar-refractivity contribution in [1.82, 2.24) is 0 Å². The minimum Gasteiger partial charge on any atom is -0.135 e. The van der Waals surface area contributed by atoms with Gasteiger partial charge < -0.3 is 0 Å². The molecule has 1 heterocycles. The number of benzene rings is 9. The van der Waals surface area contributed by atoms with Gasteiger partial charge in [0.1, 0.15) is 0 Å². The summed E-state index contributed by atoms with van der Waals surface area (Å²) in [6.07, 6.45) is 0. The Bertz CT molecular complexity index is 2880. The fourth-order valence-corrected chi connectivity index (χ4v) is 10.1. The summed E-state index contributed by atoms with van der Waals surface area (Å²) in [4.78, 5) is 0. The molecule has 0 spiro atoms. The Kier molecular flexibility index (Phi) is 6.72. The van der Waals surface area contributed by atoms with Crippen LogP contribution in [0.15, 0.2) is 164 Å². The number of thiophene rings is 1. The predicted molar refractivity (Wildman–Crippen MR) is 224 cm³/mol. The summed E-state index contributed by atoms with van der Waals surface area (Å²) in [5.74, 6) is 0. The number of hydrogen-bond acceptors (Lipinski definition) is 1. The Hall–Kier alpha value is -5.76. The monoisotopic (exact) mass is 668 g/mol. The van der Waals surface area contributed by atoms with Crippen molar-refractivity contribution >= 4 is 74.6 Å². The van der Waals surface area contributed by atoms with Crippen molar-refractivity contribution < 1.29 is 0 Å². The number of fused-ring (bicyclic) bond motifs is 7. The first-order chi connectivity index (χ1) is 25.0. The van der Waals surface area contributed by atoms with Crippen molar-refractivity contribution in [2.75, 3.05) is 0 Å². The SMILES string of the molecule is CC(C)(C)c1c2ccccc2c(-c2cccc3sc4c(-c5c6ccccc6c(-c6ccccc6)c6ccccc56)cccc4c23)c2ccccc12. The number of hydrogen-bond donors (Lipinski definition) is 0. The Morgan fingerprint density at radius 3 is 1.31 bits per heavy atom. The second-order valence-corrected chi connectivity index (χ2v) is 15.8. The summed E-state index contributed by atoms with van der Waals surface area (Å²) >= 11 is 1.93. The molecule has 0 aliphatic heterocycles. The molecule has 0 amide bonds. The van der Waals surface area contributed by atoms with Crippen molar-refractivity contribution in [3.05, 3.63) is 169 Å². The maximum absolute atomic E-state index is 2.35. The van der Waals surface area contributed by atoms with E-state index in [1.807, 2.05) is 11.3 Å². The number of rotatable bonds is 3. The molecule has 0 aliphatic rings. The summed E-state index contributed by atoms with van der Waals surface area (Å²) in [5.41, 5.74) is 9.20. The van der Waals surface area contributed by atoms with Gasteiger partial charge in [-0.2, -0.15) is 0 Å². The molecule has 242 valence electrons. The van der Waals surface area contributed by atoms with Gasteiger partial charge in [-0.15, -0.1) is 11.3 Å². The van der Waals surface area contributed by atoms with Crippen LogP contribution in [-0.4, -0.2) is 0 Å². The fraction of sp³-hybridized carbons (Fsp3) is 0.0800. The predicted octanol–water partition coefficient (Wildman–Crippen LogP) is 15.0.